The second-order valence-corrected chi connectivity index (χ2v) is 6.65. The van der Waals surface area contributed by atoms with Gasteiger partial charge in [-0.1, -0.05) is 6.07 Å². The van der Waals surface area contributed by atoms with E-state index in [1.54, 1.807) is 0 Å². The van der Waals surface area contributed by atoms with Crippen molar-refractivity contribution in [1.82, 2.24) is 19.7 Å². The summed E-state index contributed by atoms with van der Waals surface area (Å²) >= 11 is 0. The maximum Gasteiger partial charge on any atom is 0.0887 e. The molecule has 24 heavy (non-hydrogen) atoms. The first-order chi connectivity index (χ1) is 11.9. The molecule has 6 nitrogen and oxygen atoms in total. The fourth-order valence-electron chi connectivity index (χ4n) is 3.57. The van der Waals surface area contributed by atoms with E-state index in [9.17, 15) is 0 Å². The molecule has 0 aliphatic carbocycles. The fourth-order valence-corrected chi connectivity index (χ4v) is 3.57. The van der Waals surface area contributed by atoms with Crippen LogP contribution in [-0.4, -0.2) is 52.1 Å². The molecule has 1 fully saturated rings. The number of nitrogens with zero attached hydrogens (tertiary/aromatic N) is 4. The van der Waals surface area contributed by atoms with Gasteiger partial charge in [0.15, 0.2) is 0 Å². The molecule has 2 aliphatic heterocycles. The second-order valence-electron chi connectivity index (χ2n) is 6.65. The van der Waals surface area contributed by atoms with Gasteiger partial charge in [0.25, 0.3) is 0 Å². The third-order valence-electron chi connectivity index (χ3n) is 4.85. The zero-order valence-corrected chi connectivity index (χ0v) is 13.9. The van der Waals surface area contributed by atoms with Gasteiger partial charge >= 0.3 is 0 Å². The highest BCUT2D eigenvalue weighted by Gasteiger charge is 2.29. The van der Waals surface area contributed by atoms with Crippen LogP contribution < -0.4 is 0 Å². The van der Waals surface area contributed by atoms with Crippen molar-refractivity contribution in [2.45, 2.75) is 32.2 Å². The van der Waals surface area contributed by atoms with Crippen LogP contribution in [0.1, 0.15) is 17.8 Å². The van der Waals surface area contributed by atoms with Gasteiger partial charge in [0.2, 0.25) is 0 Å². The molecule has 2 aromatic heterocycles. The first kappa shape index (κ1) is 15.7. The third-order valence-corrected chi connectivity index (χ3v) is 4.85. The van der Waals surface area contributed by atoms with Crippen molar-refractivity contribution in [3.8, 4) is 0 Å². The van der Waals surface area contributed by atoms with Gasteiger partial charge in [-0.25, -0.2) is 0 Å². The predicted octanol–water partition coefficient (Wildman–Crippen LogP) is 1.72. The van der Waals surface area contributed by atoms with E-state index in [2.05, 4.69) is 25.7 Å². The van der Waals surface area contributed by atoms with Gasteiger partial charge in [-0.3, -0.25) is 14.6 Å². The Kier molecular flexibility index (Phi) is 4.87. The van der Waals surface area contributed by atoms with Gasteiger partial charge in [0.1, 0.15) is 0 Å². The summed E-state index contributed by atoms with van der Waals surface area (Å²) in [5, 5.41) is 4.49. The molecule has 0 bridgehead atoms. The van der Waals surface area contributed by atoms with Gasteiger partial charge in [-0.2, -0.15) is 5.10 Å². The van der Waals surface area contributed by atoms with Crippen LogP contribution >= 0.6 is 0 Å². The van der Waals surface area contributed by atoms with Crippen molar-refractivity contribution < 1.29 is 9.47 Å². The van der Waals surface area contributed by atoms with Gasteiger partial charge in [-0.05, 0) is 24.6 Å². The van der Waals surface area contributed by atoms with E-state index in [0.29, 0.717) is 18.6 Å². The van der Waals surface area contributed by atoms with Crippen molar-refractivity contribution in [2.24, 2.45) is 5.92 Å². The highest BCUT2D eigenvalue weighted by atomic mass is 16.5. The number of hydrogen-bond donors (Lipinski definition) is 0. The SMILES string of the molecule is c1ccc(COC[C@H]2CN([C@@H]3CCOC3)Cc3ccnn3C2)nc1. The minimum Gasteiger partial charge on any atom is -0.380 e. The molecule has 1 saturated heterocycles. The Balaban J connectivity index is 1.39. The normalized spacial score (nSPS) is 24.7. The molecule has 0 spiro atoms. The summed E-state index contributed by atoms with van der Waals surface area (Å²) in [6.07, 6.45) is 4.83. The molecular weight excluding hydrogens is 304 g/mol. The molecule has 2 atom stereocenters. The van der Waals surface area contributed by atoms with Crippen molar-refractivity contribution in [3.05, 3.63) is 48.0 Å². The van der Waals surface area contributed by atoms with Gasteiger partial charge < -0.3 is 9.47 Å². The van der Waals surface area contributed by atoms with E-state index < -0.39 is 0 Å². The van der Waals surface area contributed by atoms with Crippen LogP contribution in [-0.2, 0) is 29.2 Å². The molecule has 128 valence electrons. The zero-order chi connectivity index (χ0) is 16.2. The quantitative estimate of drug-likeness (QED) is 0.836. The molecule has 0 aromatic carbocycles. The zero-order valence-electron chi connectivity index (χ0n) is 13.9. The molecule has 4 rings (SSSR count). The molecular formula is C18H24N4O2. The Labute approximate surface area is 142 Å². The van der Waals surface area contributed by atoms with E-state index in [1.807, 2.05) is 30.6 Å². The minimum absolute atomic E-state index is 0.426. The number of pyridine rings is 1. The van der Waals surface area contributed by atoms with Crippen LogP contribution in [0.3, 0.4) is 0 Å². The van der Waals surface area contributed by atoms with Gasteiger partial charge in [-0.15, -0.1) is 0 Å². The maximum atomic E-state index is 5.96. The number of rotatable bonds is 5. The van der Waals surface area contributed by atoms with Crippen LogP contribution in [0.4, 0.5) is 0 Å². The Morgan fingerprint density at radius 3 is 3.04 bits per heavy atom. The van der Waals surface area contributed by atoms with Crippen LogP contribution in [0.15, 0.2) is 36.7 Å². The van der Waals surface area contributed by atoms with Crippen LogP contribution in [0.25, 0.3) is 0 Å². The Morgan fingerprint density at radius 1 is 1.21 bits per heavy atom. The summed E-state index contributed by atoms with van der Waals surface area (Å²) in [6.45, 7) is 5.89. The Bertz CT molecular complexity index is 639. The smallest absolute Gasteiger partial charge is 0.0887 e. The molecule has 2 aromatic rings. The monoisotopic (exact) mass is 328 g/mol. The van der Waals surface area contributed by atoms with E-state index in [0.717, 1.165) is 51.6 Å². The van der Waals surface area contributed by atoms with E-state index >= 15 is 0 Å². The lowest BCUT2D eigenvalue weighted by Crippen LogP contribution is -2.38. The average Bonchev–Trinajstić information content (AvgIpc) is 3.25. The van der Waals surface area contributed by atoms with Gasteiger partial charge in [0, 0.05) is 50.6 Å². The summed E-state index contributed by atoms with van der Waals surface area (Å²) < 4.78 is 13.7. The van der Waals surface area contributed by atoms with Crippen molar-refractivity contribution in [1.29, 1.82) is 0 Å². The van der Waals surface area contributed by atoms with Crippen molar-refractivity contribution in [3.63, 3.8) is 0 Å². The maximum absolute atomic E-state index is 5.96. The number of aromatic nitrogens is 3. The second kappa shape index (κ2) is 7.42. The molecule has 0 saturated carbocycles. The highest BCUT2D eigenvalue weighted by molar-refractivity contribution is 5.04. The molecule has 0 radical (unpaired) electrons. The van der Waals surface area contributed by atoms with E-state index in [-0.39, 0.29) is 0 Å². The summed E-state index contributed by atoms with van der Waals surface area (Å²) in [5.41, 5.74) is 2.26. The number of fused-ring (bicyclic) bond motifs is 1. The number of hydrogen-bond acceptors (Lipinski definition) is 5. The standard InChI is InChI=1S/C18H24N4O2/c1-2-6-19-16(3-1)13-24-12-15-9-21(18-5-8-23-14-18)11-17-4-7-20-22(17)10-15/h1-4,6-7,15,18H,5,8-14H2/t15-,18+/m0/s1. The van der Waals surface area contributed by atoms with Crippen LogP contribution in [0.2, 0.25) is 0 Å². The lowest BCUT2D eigenvalue weighted by molar-refractivity contribution is 0.0546. The number of ether oxygens (including phenoxy) is 2. The van der Waals surface area contributed by atoms with Crippen molar-refractivity contribution >= 4 is 0 Å². The third kappa shape index (κ3) is 3.66. The Morgan fingerprint density at radius 2 is 2.21 bits per heavy atom. The highest BCUT2D eigenvalue weighted by Crippen LogP contribution is 2.22. The summed E-state index contributed by atoms with van der Waals surface area (Å²) in [5.74, 6) is 0.426. The molecule has 2 aliphatic rings. The topological polar surface area (TPSA) is 52.4 Å². The van der Waals surface area contributed by atoms with Crippen LogP contribution in [0, 0.1) is 5.92 Å². The molecule has 4 heterocycles. The minimum atomic E-state index is 0.426. The Hall–Kier alpha value is -1.76. The summed E-state index contributed by atoms with van der Waals surface area (Å²) in [7, 11) is 0. The lowest BCUT2D eigenvalue weighted by atomic mass is 10.1. The summed E-state index contributed by atoms with van der Waals surface area (Å²) in [4.78, 5) is 6.86. The fraction of sp³-hybridized carbons (Fsp3) is 0.556. The van der Waals surface area contributed by atoms with Crippen LogP contribution in [0.5, 0.6) is 0 Å². The first-order valence-electron chi connectivity index (χ1n) is 8.68. The average molecular weight is 328 g/mol. The molecule has 0 N–H and O–H groups in total. The van der Waals surface area contributed by atoms with Gasteiger partial charge in [0.05, 0.1) is 31.2 Å². The lowest BCUT2D eigenvalue weighted by Gasteiger charge is -2.28. The van der Waals surface area contributed by atoms with Crippen molar-refractivity contribution in [2.75, 3.05) is 26.4 Å². The van der Waals surface area contributed by atoms with E-state index in [1.165, 1.54) is 5.69 Å². The van der Waals surface area contributed by atoms with E-state index in [4.69, 9.17) is 9.47 Å². The first-order valence-corrected chi connectivity index (χ1v) is 8.68. The largest absolute Gasteiger partial charge is 0.380 e. The predicted molar refractivity (Wildman–Crippen MR) is 89.2 cm³/mol. The molecule has 0 amide bonds. The molecule has 0 unspecified atom stereocenters. The summed E-state index contributed by atoms with van der Waals surface area (Å²) in [6, 6.07) is 8.57. The molecule has 6 heteroatoms.